The van der Waals surface area contributed by atoms with Crippen molar-refractivity contribution < 1.29 is 19.0 Å². The molecule has 0 saturated carbocycles. The first-order valence-corrected chi connectivity index (χ1v) is 10.5. The van der Waals surface area contributed by atoms with Crippen LogP contribution in [0.3, 0.4) is 0 Å². The number of anilines is 1. The van der Waals surface area contributed by atoms with Crippen LogP contribution in [0.2, 0.25) is 0 Å². The molecular formula is C23H20N2O4S. The van der Waals surface area contributed by atoms with Crippen molar-refractivity contribution in [2.24, 2.45) is 0 Å². The van der Waals surface area contributed by atoms with Crippen molar-refractivity contribution in [1.82, 2.24) is 4.98 Å². The molecule has 1 saturated heterocycles. The van der Waals surface area contributed by atoms with E-state index in [2.05, 4.69) is 9.88 Å². The molecule has 0 bridgehead atoms. The van der Waals surface area contributed by atoms with Gasteiger partial charge in [0.25, 0.3) is 0 Å². The van der Waals surface area contributed by atoms with Crippen LogP contribution in [-0.4, -0.2) is 43.9 Å². The number of ether oxygens (including phenoxy) is 3. The summed E-state index contributed by atoms with van der Waals surface area (Å²) in [7, 11) is 1.65. The van der Waals surface area contributed by atoms with E-state index in [-0.39, 0.29) is 18.7 Å². The van der Waals surface area contributed by atoms with Gasteiger partial charge in [0.05, 0.1) is 24.9 Å². The van der Waals surface area contributed by atoms with Gasteiger partial charge in [0, 0.05) is 0 Å². The summed E-state index contributed by atoms with van der Waals surface area (Å²) in [6.07, 6.45) is -0.147. The summed E-state index contributed by atoms with van der Waals surface area (Å²) in [5.74, 6) is 1.06. The number of carbonyl (C=O) groups is 1. The van der Waals surface area contributed by atoms with Gasteiger partial charge < -0.3 is 19.1 Å². The summed E-state index contributed by atoms with van der Waals surface area (Å²) in [4.78, 5) is 18.9. The van der Waals surface area contributed by atoms with Crippen LogP contribution in [0, 0.1) is 0 Å². The summed E-state index contributed by atoms with van der Waals surface area (Å²) < 4.78 is 17.6. The van der Waals surface area contributed by atoms with Crippen LogP contribution in [0.15, 0.2) is 60.7 Å². The van der Waals surface area contributed by atoms with E-state index in [0.29, 0.717) is 18.8 Å². The first kappa shape index (κ1) is 18.7. The molecule has 30 heavy (non-hydrogen) atoms. The molecular weight excluding hydrogens is 400 g/mol. The average Bonchev–Trinajstić information content (AvgIpc) is 3.18. The number of thiazole rings is 1. The molecule has 1 fully saturated rings. The van der Waals surface area contributed by atoms with E-state index >= 15 is 0 Å². The van der Waals surface area contributed by atoms with Crippen LogP contribution < -0.4 is 14.4 Å². The van der Waals surface area contributed by atoms with Crippen molar-refractivity contribution in [3.63, 3.8) is 0 Å². The second-order valence-corrected chi connectivity index (χ2v) is 8.13. The van der Waals surface area contributed by atoms with Gasteiger partial charge in [-0.1, -0.05) is 47.7 Å². The Morgan fingerprint density at radius 3 is 2.77 bits per heavy atom. The average molecular weight is 420 g/mol. The third-order valence-electron chi connectivity index (χ3n) is 5.08. The standard InChI is InChI=1S/C23H20N2O4S/c1-27-19-7-4-8-20-22(19)24-23(30-20)25-12-18(13-25)29-21(26)14-28-17-10-9-15-5-2-3-6-16(15)11-17/h2-11,18H,12-14H2,1H3. The fourth-order valence-electron chi connectivity index (χ4n) is 3.50. The van der Waals surface area contributed by atoms with Gasteiger partial charge in [-0.2, -0.15) is 0 Å². The number of esters is 1. The lowest BCUT2D eigenvalue weighted by Gasteiger charge is -2.38. The van der Waals surface area contributed by atoms with Gasteiger partial charge in [0.15, 0.2) is 11.7 Å². The van der Waals surface area contributed by atoms with Crippen molar-refractivity contribution in [1.29, 1.82) is 0 Å². The Bertz CT molecular complexity index is 1220. The molecule has 6 nitrogen and oxygen atoms in total. The zero-order chi connectivity index (χ0) is 20.5. The maximum atomic E-state index is 12.2. The van der Waals surface area contributed by atoms with Crippen LogP contribution in [0.5, 0.6) is 11.5 Å². The maximum Gasteiger partial charge on any atom is 0.344 e. The monoisotopic (exact) mass is 420 g/mol. The van der Waals surface area contributed by atoms with E-state index in [1.54, 1.807) is 18.4 Å². The SMILES string of the molecule is COc1cccc2sc(N3CC(OC(=O)COc4ccc5ccccc5c4)C3)nc12. The highest BCUT2D eigenvalue weighted by atomic mass is 32.1. The molecule has 3 aromatic carbocycles. The Hall–Kier alpha value is -3.32. The maximum absolute atomic E-state index is 12.2. The van der Waals surface area contributed by atoms with Gasteiger partial charge in [-0.3, -0.25) is 0 Å². The number of rotatable bonds is 6. The van der Waals surface area contributed by atoms with Gasteiger partial charge in [-0.05, 0) is 35.0 Å². The predicted octanol–water partition coefficient (Wildman–Crippen LogP) is 4.27. The second-order valence-electron chi connectivity index (χ2n) is 7.12. The minimum atomic E-state index is -0.362. The number of nitrogens with zero attached hydrogens (tertiary/aromatic N) is 2. The van der Waals surface area contributed by atoms with E-state index in [4.69, 9.17) is 14.2 Å². The number of carbonyl (C=O) groups excluding carboxylic acids is 1. The first-order chi connectivity index (χ1) is 14.7. The molecule has 1 aromatic heterocycles. The fraction of sp³-hybridized carbons (Fsp3) is 0.217. The summed E-state index contributed by atoms with van der Waals surface area (Å²) in [5.41, 5.74) is 0.865. The van der Waals surface area contributed by atoms with Crippen molar-refractivity contribution in [3.05, 3.63) is 60.7 Å². The first-order valence-electron chi connectivity index (χ1n) is 9.69. The number of hydrogen-bond donors (Lipinski definition) is 0. The molecule has 152 valence electrons. The molecule has 2 heterocycles. The predicted molar refractivity (Wildman–Crippen MR) is 118 cm³/mol. The summed E-state index contributed by atoms with van der Waals surface area (Å²) in [6, 6.07) is 19.7. The molecule has 0 amide bonds. The van der Waals surface area contributed by atoms with Gasteiger partial charge in [0.1, 0.15) is 23.1 Å². The number of para-hydroxylation sites is 1. The lowest BCUT2D eigenvalue weighted by Crippen LogP contribution is -2.53. The Balaban J connectivity index is 1.14. The van der Waals surface area contributed by atoms with Crippen LogP contribution in [-0.2, 0) is 9.53 Å². The minimum absolute atomic E-state index is 0.104. The third-order valence-corrected chi connectivity index (χ3v) is 6.17. The Kier molecular flexibility index (Phi) is 4.88. The van der Waals surface area contributed by atoms with Gasteiger partial charge in [-0.15, -0.1) is 0 Å². The van der Waals surface area contributed by atoms with E-state index in [1.165, 1.54) is 0 Å². The summed E-state index contributed by atoms with van der Waals surface area (Å²) in [5, 5.41) is 3.12. The van der Waals surface area contributed by atoms with Gasteiger partial charge >= 0.3 is 5.97 Å². The molecule has 1 aliphatic heterocycles. The third kappa shape index (κ3) is 3.64. The van der Waals surface area contributed by atoms with Crippen molar-refractivity contribution in [2.45, 2.75) is 6.10 Å². The quantitative estimate of drug-likeness (QED) is 0.434. The van der Waals surface area contributed by atoms with Crippen molar-refractivity contribution in [2.75, 3.05) is 31.7 Å². The summed E-state index contributed by atoms with van der Waals surface area (Å²) >= 11 is 1.61. The van der Waals surface area contributed by atoms with Crippen LogP contribution in [0.4, 0.5) is 5.13 Å². The lowest BCUT2D eigenvalue weighted by atomic mass is 10.1. The van der Waals surface area contributed by atoms with Crippen molar-refractivity contribution >= 4 is 43.4 Å². The molecule has 0 N–H and O–H groups in total. The van der Waals surface area contributed by atoms with Gasteiger partial charge in [-0.25, -0.2) is 9.78 Å². The number of hydrogen-bond acceptors (Lipinski definition) is 7. The minimum Gasteiger partial charge on any atom is -0.494 e. The number of fused-ring (bicyclic) bond motifs is 2. The molecule has 5 rings (SSSR count). The molecule has 4 aromatic rings. The Morgan fingerprint density at radius 2 is 1.93 bits per heavy atom. The molecule has 7 heteroatoms. The molecule has 0 atom stereocenters. The van der Waals surface area contributed by atoms with E-state index in [9.17, 15) is 4.79 Å². The lowest BCUT2D eigenvalue weighted by molar-refractivity contribution is -0.152. The van der Waals surface area contributed by atoms with Crippen LogP contribution >= 0.6 is 11.3 Å². The van der Waals surface area contributed by atoms with Crippen LogP contribution in [0.25, 0.3) is 21.0 Å². The smallest absolute Gasteiger partial charge is 0.344 e. The van der Waals surface area contributed by atoms with E-state index in [0.717, 1.165) is 31.9 Å². The van der Waals surface area contributed by atoms with Crippen molar-refractivity contribution in [3.8, 4) is 11.5 Å². The van der Waals surface area contributed by atoms with Gasteiger partial charge in [0.2, 0.25) is 0 Å². The van der Waals surface area contributed by atoms with E-state index < -0.39 is 0 Å². The van der Waals surface area contributed by atoms with E-state index in [1.807, 2.05) is 60.7 Å². The zero-order valence-corrected chi connectivity index (χ0v) is 17.2. The highest BCUT2D eigenvalue weighted by Gasteiger charge is 2.32. The number of aromatic nitrogens is 1. The Labute approximate surface area is 177 Å². The fourth-order valence-corrected chi connectivity index (χ4v) is 4.50. The summed E-state index contributed by atoms with van der Waals surface area (Å²) in [6.45, 7) is 1.15. The highest BCUT2D eigenvalue weighted by Crippen LogP contribution is 2.35. The molecule has 1 aliphatic rings. The topological polar surface area (TPSA) is 60.9 Å². The zero-order valence-electron chi connectivity index (χ0n) is 16.4. The molecule has 0 spiro atoms. The normalized spacial score (nSPS) is 14.0. The second kappa shape index (κ2) is 7.84. The molecule has 0 unspecified atom stereocenters. The molecule has 0 aliphatic carbocycles. The Morgan fingerprint density at radius 1 is 1.10 bits per heavy atom. The number of methoxy groups -OCH3 is 1. The molecule has 0 radical (unpaired) electrons. The van der Waals surface area contributed by atoms with Crippen LogP contribution in [0.1, 0.15) is 0 Å². The number of benzene rings is 3. The largest absolute Gasteiger partial charge is 0.494 e. The highest BCUT2D eigenvalue weighted by molar-refractivity contribution is 7.22.